The average Bonchev–Trinajstić information content (AvgIpc) is 3.00. The van der Waals surface area contributed by atoms with E-state index in [0.717, 1.165) is 38.8 Å². The van der Waals surface area contributed by atoms with Gasteiger partial charge in [-0.2, -0.15) is 0 Å². The molecule has 124 valence electrons. The van der Waals surface area contributed by atoms with Crippen molar-refractivity contribution in [2.75, 3.05) is 19.6 Å². The summed E-state index contributed by atoms with van der Waals surface area (Å²) in [6, 6.07) is 5.26. The van der Waals surface area contributed by atoms with Crippen LogP contribution in [0.2, 0.25) is 0 Å². The molecule has 0 aromatic carbocycles. The number of aryl methyl sites for hydroxylation is 1. The number of unbranched alkanes of at least 4 members (excludes halogenated alkanes) is 1. The second kappa shape index (κ2) is 7.49. The van der Waals surface area contributed by atoms with E-state index in [0.29, 0.717) is 24.9 Å². The second-order valence-corrected chi connectivity index (χ2v) is 6.54. The summed E-state index contributed by atoms with van der Waals surface area (Å²) in [5.41, 5.74) is 0.0322. The molecule has 5 nitrogen and oxygen atoms in total. The molecule has 2 amide bonds. The molecule has 0 radical (unpaired) electrons. The number of rotatable bonds is 5. The highest BCUT2D eigenvalue weighted by Gasteiger charge is 2.34. The van der Waals surface area contributed by atoms with Gasteiger partial charge in [-0.15, -0.1) is 0 Å². The minimum absolute atomic E-state index is 0.0322. The maximum atomic E-state index is 12.2. The van der Waals surface area contributed by atoms with Crippen LogP contribution in [-0.2, 0) is 6.54 Å². The smallest absolute Gasteiger partial charge is 0.317 e. The Hall–Kier alpha value is -2.04. The van der Waals surface area contributed by atoms with E-state index in [1.807, 2.05) is 11.0 Å². The minimum Gasteiger partial charge on any atom is -0.338 e. The molecule has 1 aliphatic heterocycles. The number of aromatic nitrogens is 1. The summed E-state index contributed by atoms with van der Waals surface area (Å²) in [5.74, 6) is 1.30. The fraction of sp³-hybridized carbons (Fsp3) is 0.556. The predicted molar refractivity (Wildman–Crippen MR) is 90.3 cm³/mol. The van der Waals surface area contributed by atoms with E-state index in [-0.39, 0.29) is 11.6 Å². The molecule has 0 spiro atoms. The Kier molecular flexibility index (Phi) is 5.16. The molecule has 1 aromatic heterocycles. The number of carbonyl (C=O) groups is 1. The van der Waals surface area contributed by atoms with Gasteiger partial charge in [0.1, 0.15) is 0 Å². The number of amides is 2. The predicted octanol–water partition coefficient (Wildman–Crippen LogP) is 2.24. The minimum atomic E-state index is 0.0322. The number of allylic oxidation sites excluding steroid dienone is 2. The Labute approximate surface area is 137 Å². The molecule has 1 aliphatic carbocycles. The molecule has 2 heterocycles. The van der Waals surface area contributed by atoms with E-state index in [1.165, 1.54) is 0 Å². The van der Waals surface area contributed by atoms with Gasteiger partial charge in [-0.1, -0.05) is 18.2 Å². The van der Waals surface area contributed by atoms with Gasteiger partial charge >= 0.3 is 6.03 Å². The summed E-state index contributed by atoms with van der Waals surface area (Å²) in [4.78, 5) is 25.7. The van der Waals surface area contributed by atoms with Gasteiger partial charge in [-0.3, -0.25) is 4.79 Å². The Balaban J connectivity index is 1.34. The van der Waals surface area contributed by atoms with E-state index >= 15 is 0 Å². The van der Waals surface area contributed by atoms with Crippen LogP contribution in [0.4, 0.5) is 4.79 Å². The number of fused-ring (bicyclic) bond motifs is 1. The molecular formula is C18H25N3O2. The van der Waals surface area contributed by atoms with Crippen molar-refractivity contribution in [2.45, 2.75) is 32.2 Å². The molecule has 1 saturated heterocycles. The van der Waals surface area contributed by atoms with E-state index in [4.69, 9.17) is 0 Å². The Bertz CT molecular complexity index is 607. The molecule has 1 fully saturated rings. The van der Waals surface area contributed by atoms with E-state index in [2.05, 4.69) is 17.5 Å². The Morgan fingerprint density at radius 1 is 1.13 bits per heavy atom. The highest BCUT2D eigenvalue weighted by Crippen LogP contribution is 2.32. The summed E-state index contributed by atoms with van der Waals surface area (Å²) in [7, 11) is 0. The van der Waals surface area contributed by atoms with Gasteiger partial charge in [0.25, 0.3) is 0 Å². The summed E-state index contributed by atoms with van der Waals surface area (Å²) < 4.78 is 1.71. The molecular weight excluding hydrogens is 290 g/mol. The van der Waals surface area contributed by atoms with E-state index in [9.17, 15) is 9.59 Å². The summed E-state index contributed by atoms with van der Waals surface area (Å²) in [6.45, 7) is 3.15. The summed E-state index contributed by atoms with van der Waals surface area (Å²) >= 11 is 0. The quantitative estimate of drug-likeness (QED) is 0.669. The maximum absolute atomic E-state index is 12.2. The molecule has 23 heavy (non-hydrogen) atoms. The van der Waals surface area contributed by atoms with Gasteiger partial charge in [0.2, 0.25) is 5.56 Å². The fourth-order valence-corrected chi connectivity index (χ4v) is 3.54. The number of hydrogen-bond acceptors (Lipinski definition) is 2. The van der Waals surface area contributed by atoms with Crippen LogP contribution in [0.5, 0.6) is 0 Å². The maximum Gasteiger partial charge on any atom is 0.317 e. The first kappa shape index (κ1) is 15.8. The molecule has 0 unspecified atom stereocenters. The number of carbonyl (C=O) groups excluding carboxylic acids is 1. The lowest BCUT2D eigenvalue weighted by atomic mass is 9.86. The number of urea groups is 1. The standard InChI is InChI=1S/C18H25N3O2/c22-17-9-3-5-11-20(17)12-6-4-10-19-18(23)21-13-15-7-1-2-8-16(15)14-21/h1-3,5,9,11,15-16H,4,6-8,10,12-14H2,(H,19,23)/t15-,16-/m0/s1. The van der Waals surface area contributed by atoms with Gasteiger partial charge in [0, 0.05) is 38.4 Å². The van der Waals surface area contributed by atoms with Gasteiger partial charge in [0.05, 0.1) is 0 Å². The Morgan fingerprint density at radius 3 is 2.57 bits per heavy atom. The SMILES string of the molecule is O=C(NCCCCn1ccccc1=O)N1C[C@@H]2CC=CC[C@H]2C1. The number of hydrogen-bond donors (Lipinski definition) is 1. The second-order valence-electron chi connectivity index (χ2n) is 6.54. The zero-order valence-electron chi connectivity index (χ0n) is 13.5. The summed E-state index contributed by atoms with van der Waals surface area (Å²) in [5, 5.41) is 3.01. The first-order chi connectivity index (χ1) is 11.2. The molecule has 5 heteroatoms. The van der Waals surface area contributed by atoms with Crippen molar-refractivity contribution in [2.24, 2.45) is 11.8 Å². The lowest BCUT2D eigenvalue weighted by molar-refractivity contribution is 0.206. The number of nitrogens with zero attached hydrogens (tertiary/aromatic N) is 2. The molecule has 3 rings (SSSR count). The largest absolute Gasteiger partial charge is 0.338 e. The lowest BCUT2D eigenvalue weighted by Gasteiger charge is -2.17. The molecule has 0 saturated carbocycles. The third kappa shape index (κ3) is 4.03. The van der Waals surface area contributed by atoms with E-state index in [1.54, 1.807) is 22.9 Å². The van der Waals surface area contributed by atoms with Gasteiger partial charge in [-0.05, 0) is 43.6 Å². The van der Waals surface area contributed by atoms with Crippen molar-refractivity contribution in [3.8, 4) is 0 Å². The average molecular weight is 315 g/mol. The molecule has 1 aromatic rings. The van der Waals surface area contributed by atoms with Crippen molar-refractivity contribution in [1.29, 1.82) is 0 Å². The normalized spacial score (nSPS) is 22.9. The van der Waals surface area contributed by atoms with Crippen LogP contribution in [0.25, 0.3) is 0 Å². The first-order valence-electron chi connectivity index (χ1n) is 8.57. The summed E-state index contributed by atoms with van der Waals surface area (Å²) in [6.07, 6.45) is 10.3. The molecule has 1 N–H and O–H groups in total. The van der Waals surface area contributed by atoms with Crippen molar-refractivity contribution in [3.05, 3.63) is 46.9 Å². The molecule has 0 bridgehead atoms. The highest BCUT2D eigenvalue weighted by molar-refractivity contribution is 5.74. The van der Waals surface area contributed by atoms with Crippen LogP contribution in [0.15, 0.2) is 41.3 Å². The van der Waals surface area contributed by atoms with Crippen molar-refractivity contribution in [3.63, 3.8) is 0 Å². The highest BCUT2D eigenvalue weighted by atomic mass is 16.2. The zero-order chi connectivity index (χ0) is 16.1. The lowest BCUT2D eigenvalue weighted by Crippen LogP contribution is -2.39. The van der Waals surface area contributed by atoms with Crippen LogP contribution in [0.1, 0.15) is 25.7 Å². The van der Waals surface area contributed by atoms with Gasteiger partial charge in [-0.25, -0.2) is 4.79 Å². The van der Waals surface area contributed by atoms with Crippen molar-refractivity contribution < 1.29 is 4.79 Å². The first-order valence-corrected chi connectivity index (χ1v) is 8.57. The van der Waals surface area contributed by atoms with Crippen LogP contribution < -0.4 is 10.9 Å². The van der Waals surface area contributed by atoms with Crippen molar-refractivity contribution in [1.82, 2.24) is 14.8 Å². The Morgan fingerprint density at radius 2 is 1.87 bits per heavy atom. The van der Waals surface area contributed by atoms with Crippen LogP contribution in [0.3, 0.4) is 0 Å². The number of nitrogens with one attached hydrogen (secondary N) is 1. The number of likely N-dealkylation sites (tertiary alicyclic amines) is 1. The monoisotopic (exact) mass is 315 g/mol. The fourth-order valence-electron chi connectivity index (χ4n) is 3.54. The molecule has 2 atom stereocenters. The van der Waals surface area contributed by atoms with Crippen LogP contribution >= 0.6 is 0 Å². The number of pyridine rings is 1. The van der Waals surface area contributed by atoms with Gasteiger partial charge < -0.3 is 14.8 Å². The topological polar surface area (TPSA) is 54.3 Å². The third-order valence-corrected chi connectivity index (χ3v) is 4.91. The zero-order valence-corrected chi connectivity index (χ0v) is 13.5. The molecule has 2 aliphatic rings. The van der Waals surface area contributed by atoms with Gasteiger partial charge in [0.15, 0.2) is 0 Å². The van der Waals surface area contributed by atoms with Crippen LogP contribution in [0, 0.1) is 11.8 Å². The van der Waals surface area contributed by atoms with Crippen molar-refractivity contribution >= 4 is 6.03 Å². The van der Waals surface area contributed by atoms with Crippen LogP contribution in [-0.4, -0.2) is 35.1 Å². The third-order valence-electron chi connectivity index (χ3n) is 4.91. The van der Waals surface area contributed by atoms with E-state index < -0.39 is 0 Å².